The van der Waals surface area contributed by atoms with Crippen LogP contribution in [0, 0.1) is 25.2 Å². The van der Waals surface area contributed by atoms with E-state index in [4.69, 9.17) is 5.26 Å². The summed E-state index contributed by atoms with van der Waals surface area (Å²) in [5.41, 5.74) is 3.74. The Bertz CT molecular complexity index is 1090. The van der Waals surface area contributed by atoms with Gasteiger partial charge in [-0.3, -0.25) is 9.69 Å². The lowest BCUT2D eigenvalue weighted by atomic mass is 10.1. The van der Waals surface area contributed by atoms with Crippen molar-refractivity contribution < 1.29 is 13.2 Å². The highest BCUT2D eigenvalue weighted by Gasteiger charge is 2.20. The van der Waals surface area contributed by atoms with Crippen LogP contribution in [0.2, 0.25) is 0 Å². The van der Waals surface area contributed by atoms with E-state index in [1.165, 1.54) is 0 Å². The summed E-state index contributed by atoms with van der Waals surface area (Å²) in [6.07, 6.45) is 1.01. The van der Waals surface area contributed by atoms with Gasteiger partial charge in [0.05, 0.1) is 16.5 Å². The molecule has 1 saturated heterocycles. The molecule has 32 heavy (non-hydrogen) atoms. The van der Waals surface area contributed by atoms with E-state index in [1.807, 2.05) is 43.0 Å². The number of benzene rings is 2. The Morgan fingerprint density at radius 1 is 1.03 bits per heavy atom. The van der Waals surface area contributed by atoms with E-state index in [0.717, 1.165) is 42.7 Å². The zero-order chi connectivity index (χ0) is 23.1. The third-order valence-electron chi connectivity index (χ3n) is 5.85. The summed E-state index contributed by atoms with van der Waals surface area (Å²) in [6, 6.07) is 14.7. The summed E-state index contributed by atoms with van der Waals surface area (Å²) in [6.45, 7) is 7.63. The molecule has 0 bridgehead atoms. The number of amides is 1. The lowest BCUT2D eigenvalue weighted by Crippen LogP contribution is -2.37. The Labute approximate surface area is 190 Å². The molecular formula is C24H30N4O3S. The van der Waals surface area contributed by atoms with E-state index < -0.39 is 10.0 Å². The molecule has 8 heteroatoms. The van der Waals surface area contributed by atoms with Crippen LogP contribution in [0.1, 0.15) is 35.1 Å². The highest BCUT2D eigenvalue weighted by Crippen LogP contribution is 2.15. The van der Waals surface area contributed by atoms with Gasteiger partial charge in [-0.05, 0) is 61.2 Å². The predicted molar refractivity (Wildman–Crippen MR) is 123 cm³/mol. The van der Waals surface area contributed by atoms with Crippen molar-refractivity contribution in [3.05, 3.63) is 64.7 Å². The van der Waals surface area contributed by atoms with Gasteiger partial charge in [-0.25, -0.2) is 13.1 Å². The number of aryl methyl sites for hydroxylation is 2. The number of carbonyl (C=O) groups excluding carboxylic acids is 1. The number of hydrogen-bond acceptors (Lipinski definition) is 5. The fraction of sp³-hybridized carbons (Fsp3) is 0.417. The molecule has 1 aliphatic rings. The minimum absolute atomic E-state index is 0.0343. The first-order valence-electron chi connectivity index (χ1n) is 10.8. The Balaban J connectivity index is 1.47. The fourth-order valence-electron chi connectivity index (χ4n) is 3.74. The Morgan fingerprint density at radius 3 is 2.47 bits per heavy atom. The lowest BCUT2D eigenvalue weighted by molar-refractivity contribution is -0.130. The molecule has 1 aliphatic heterocycles. The molecule has 0 aromatic heterocycles. The van der Waals surface area contributed by atoms with Crippen molar-refractivity contribution in [2.24, 2.45) is 0 Å². The van der Waals surface area contributed by atoms with E-state index in [2.05, 4.69) is 15.7 Å². The van der Waals surface area contributed by atoms with Crippen LogP contribution in [-0.4, -0.2) is 56.8 Å². The van der Waals surface area contributed by atoms with Gasteiger partial charge < -0.3 is 4.90 Å². The standard InChI is InChI=1S/C24H30N4O3S/c1-19-4-9-23(16-20(19)2)32(30,31)26-11-10-24(29)28-13-3-12-27(14-15-28)18-22-7-5-21(17-25)6-8-22/h4-9,16,26H,3,10-15,18H2,1-2H3. The zero-order valence-corrected chi connectivity index (χ0v) is 19.5. The van der Waals surface area contributed by atoms with Crippen molar-refractivity contribution in [3.8, 4) is 6.07 Å². The fourth-order valence-corrected chi connectivity index (χ4v) is 4.85. The molecule has 2 aromatic carbocycles. The first-order valence-corrected chi connectivity index (χ1v) is 12.3. The summed E-state index contributed by atoms with van der Waals surface area (Å²) >= 11 is 0. The Morgan fingerprint density at radius 2 is 1.78 bits per heavy atom. The normalized spacial score (nSPS) is 15.2. The van der Waals surface area contributed by atoms with Crippen LogP contribution in [0.4, 0.5) is 0 Å². The van der Waals surface area contributed by atoms with Gasteiger partial charge in [0, 0.05) is 45.7 Å². The van der Waals surface area contributed by atoms with Gasteiger partial charge in [-0.2, -0.15) is 5.26 Å². The van der Waals surface area contributed by atoms with Crippen LogP contribution in [0.5, 0.6) is 0 Å². The zero-order valence-electron chi connectivity index (χ0n) is 18.7. The van der Waals surface area contributed by atoms with Gasteiger partial charge in [0.2, 0.25) is 15.9 Å². The monoisotopic (exact) mass is 454 g/mol. The molecule has 0 radical (unpaired) electrons. The molecule has 1 N–H and O–H groups in total. The van der Waals surface area contributed by atoms with Crippen molar-refractivity contribution in [1.29, 1.82) is 5.26 Å². The van der Waals surface area contributed by atoms with Crippen molar-refractivity contribution in [3.63, 3.8) is 0 Å². The minimum atomic E-state index is -3.63. The lowest BCUT2D eigenvalue weighted by Gasteiger charge is -2.22. The molecule has 7 nitrogen and oxygen atoms in total. The van der Waals surface area contributed by atoms with Gasteiger partial charge in [0.15, 0.2) is 0 Å². The van der Waals surface area contributed by atoms with Crippen molar-refractivity contribution in [2.45, 2.75) is 38.1 Å². The number of carbonyl (C=O) groups is 1. The van der Waals surface area contributed by atoms with Crippen LogP contribution in [0.25, 0.3) is 0 Å². The number of nitrogens with one attached hydrogen (secondary N) is 1. The van der Waals surface area contributed by atoms with Gasteiger partial charge in [0.25, 0.3) is 0 Å². The molecule has 1 heterocycles. The van der Waals surface area contributed by atoms with Crippen LogP contribution in [0.15, 0.2) is 47.4 Å². The number of hydrogen-bond donors (Lipinski definition) is 1. The number of sulfonamides is 1. The van der Waals surface area contributed by atoms with Crippen LogP contribution >= 0.6 is 0 Å². The summed E-state index contributed by atoms with van der Waals surface area (Å²) in [5.74, 6) is -0.0343. The maximum Gasteiger partial charge on any atom is 0.240 e. The minimum Gasteiger partial charge on any atom is -0.341 e. The first kappa shape index (κ1) is 23.9. The molecule has 1 fully saturated rings. The topological polar surface area (TPSA) is 93.5 Å². The first-order chi connectivity index (χ1) is 15.3. The van der Waals surface area contributed by atoms with Crippen molar-refractivity contribution in [2.75, 3.05) is 32.7 Å². The van der Waals surface area contributed by atoms with Gasteiger partial charge in [-0.15, -0.1) is 0 Å². The smallest absolute Gasteiger partial charge is 0.240 e. The third-order valence-corrected chi connectivity index (χ3v) is 7.31. The molecular weight excluding hydrogens is 424 g/mol. The van der Waals surface area contributed by atoms with E-state index in [0.29, 0.717) is 18.7 Å². The number of rotatable bonds is 7. The van der Waals surface area contributed by atoms with E-state index in [1.54, 1.807) is 18.2 Å². The number of nitrogens with zero attached hydrogens (tertiary/aromatic N) is 3. The number of nitriles is 1. The molecule has 0 aliphatic carbocycles. The van der Waals surface area contributed by atoms with E-state index >= 15 is 0 Å². The molecule has 0 atom stereocenters. The van der Waals surface area contributed by atoms with Gasteiger partial charge in [0.1, 0.15) is 0 Å². The van der Waals surface area contributed by atoms with Crippen LogP contribution < -0.4 is 4.72 Å². The molecule has 0 saturated carbocycles. The Kier molecular flexibility index (Phi) is 8.02. The quantitative estimate of drug-likeness (QED) is 0.694. The second-order valence-electron chi connectivity index (χ2n) is 8.21. The summed E-state index contributed by atoms with van der Waals surface area (Å²) < 4.78 is 27.6. The van der Waals surface area contributed by atoms with Crippen molar-refractivity contribution in [1.82, 2.24) is 14.5 Å². The molecule has 0 spiro atoms. The van der Waals surface area contributed by atoms with E-state index in [-0.39, 0.29) is 23.8 Å². The molecule has 1 amide bonds. The third kappa shape index (κ3) is 6.39. The molecule has 3 rings (SSSR count). The van der Waals surface area contributed by atoms with Crippen LogP contribution in [0.3, 0.4) is 0 Å². The SMILES string of the molecule is Cc1ccc(S(=O)(=O)NCCC(=O)N2CCCN(Cc3ccc(C#N)cc3)CC2)cc1C. The maximum absolute atomic E-state index is 12.6. The maximum atomic E-state index is 12.6. The summed E-state index contributed by atoms with van der Waals surface area (Å²) in [5, 5.41) is 8.92. The second kappa shape index (κ2) is 10.7. The molecule has 170 valence electrons. The highest BCUT2D eigenvalue weighted by atomic mass is 32.2. The van der Waals surface area contributed by atoms with Crippen LogP contribution in [-0.2, 0) is 21.4 Å². The molecule has 0 unspecified atom stereocenters. The molecule has 2 aromatic rings. The summed E-state index contributed by atoms with van der Waals surface area (Å²) in [7, 11) is -3.63. The largest absolute Gasteiger partial charge is 0.341 e. The second-order valence-corrected chi connectivity index (χ2v) is 9.98. The summed E-state index contributed by atoms with van der Waals surface area (Å²) in [4.78, 5) is 17.0. The Hall–Kier alpha value is -2.73. The van der Waals surface area contributed by atoms with Crippen molar-refractivity contribution >= 4 is 15.9 Å². The average Bonchev–Trinajstić information content (AvgIpc) is 3.01. The highest BCUT2D eigenvalue weighted by molar-refractivity contribution is 7.89. The van der Waals surface area contributed by atoms with Gasteiger partial charge in [-0.1, -0.05) is 18.2 Å². The predicted octanol–water partition coefficient (Wildman–Crippen LogP) is 2.58. The van der Waals surface area contributed by atoms with Gasteiger partial charge >= 0.3 is 0 Å². The van der Waals surface area contributed by atoms with E-state index in [9.17, 15) is 13.2 Å². The average molecular weight is 455 g/mol.